The second-order valence-corrected chi connectivity index (χ2v) is 7.51. The van der Waals surface area contributed by atoms with E-state index in [9.17, 15) is 8.42 Å². The molecule has 6 heteroatoms. The van der Waals surface area contributed by atoms with Crippen LogP contribution >= 0.6 is 11.6 Å². The molecule has 1 N–H and O–H groups in total. The third-order valence-corrected chi connectivity index (χ3v) is 5.54. The molecule has 23 heavy (non-hydrogen) atoms. The first-order chi connectivity index (χ1) is 10.8. The lowest BCUT2D eigenvalue weighted by Crippen LogP contribution is -2.30. The molecule has 0 saturated carbocycles. The summed E-state index contributed by atoms with van der Waals surface area (Å²) in [4.78, 5) is 0.275. The van der Waals surface area contributed by atoms with E-state index in [1.54, 1.807) is 25.1 Å². The lowest BCUT2D eigenvalue weighted by molar-refractivity contribution is 0.107. The van der Waals surface area contributed by atoms with Crippen LogP contribution in [0.1, 0.15) is 22.8 Å². The summed E-state index contributed by atoms with van der Waals surface area (Å²) in [5.74, 6) is 0. The Morgan fingerprint density at radius 1 is 1.17 bits per heavy atom. The molecule has 124 valence electrons. The van der Waals surface area contributed by atoms with E-state index in [0.29, 0.717) is 10.6 Å². The highest BCUT2D eigenvalue weighted by Gasteiger charge is 2.20. The van der Waals surface area contributed by atoms with Crippen LogP contribution in [0.4, 0.5) is 0 Å². The minimum atomic E-state index is -3.61. The van der Waals surface area contributed by atoms with Crippen LogP contribution in [0.2, 0.25) is 5.02 Å². The molecular formula is C17H20ClNO3S. The maximum absolute atomic E-state index is 12.5. The van der Waals surface area contributed by atoms with Gasteiger partial charge in [-0.3, -0.25) is 0 Å². The van der Waals surface area contributed by atoms with Crippen LogP contribution in [0.5, 0.6) is 0 Å². The molecule has 1 atom stereocenters. The van der Waals surface area contributed by atoms with Crippen molar-refractivity contribution in [2.45, 2.75) is 24.8 Å². The Kier molecular flexibility index (Phi) is 5.81. The summed E-state index contributed by atoms with van der Waals surface area (Å²) in [6, 6.07) is 12.5. The van der Waals surface area contributed by atoms with Gasteiger partial charge < -0.3 is 4.74 Å². The van der Waals surface area contributed by atoms with Crippen molar-refractivity contribution in [3.8, 4) is 0 Å². The highest BCUT2D eigenvalue weighted by atomic mass is 35.5. The van der Waals surface area contributed by atoms with Crippen LogP contribution in [-0.4, -0.2) is 22.1 Å². The number of nitrogens with one attached hydrogen (secondary N) is 1. The molecule has 2 rings (SSSR count). The van der Waals surface area contributed by atoms with Crippen molar-refractivity contribution in [3.63, 3.8) is 0 Å². The largest absolute Gasteiger partial charge is 0.375 e. The summed E-state index contributed by atoms with van der Waals surface area (Å²) in [7, 11) is -2.08. The van der Waals surface area contributed by atoms with Gasteiger partial charge in [-0.05, 0) is 31.5 Å². The number of sulfonamides is 1. The van der Waals surface area contributed by atoms with Crippen molar-refractivity contribution in [2.24, 2.45) is 0 Å². The molecular weight excluding hydrogens is 334 g/mol. The van der Waals surface area contributed by atoms with Gasteiger partial charge in [-0.15, -0.1) is 0 Å². The van der Waals surface area contributed by atoms with Crippen molar-refractivity contribution in [2.75, 3.05) is 13.7 Å². The van der Waals surface area contributed by atoms with Crippen LogP contribution in [0.15, 0.2) is 47.4 Å². The number of hydrogen-bond donors (Lipinski definition) is 1. The van der Waals surface area contributed by atoms with E-state index in [1.165, 1.54) is 7.11 Å². The Labute approximate surface area is 142 Å². The topological polar surface area (TPSA) is 55.4 Å². The number of hydrogen-bond acceptors (Lipinski definition) is 3. The zero-order valence-electron chi connectivity index (χ0n) is 13.3. The molecule has 0 aliphatic heterocycles. The van der Waals surface area contributed by atoms with Gasteiger partial charge in [0.25, 0.3) is 0 Å². The van der Waals surface area contributed by atoms with Crippen LogP contribution in [0.3, 0.4) is 0 Å². The van der Waals surface area contributed by atoms with Gasteiger partial charge in [0.1, 0.15) is 0 Å². The van der Waals surface area contributed by atoms with Gasteiger partial charge in [0.2, 0.25) is 10.0 Å². The van der Waals surface area contributed by atoms with Gasteiger partial charge in [0, 0.05) is 24.2 Å². The Hall–Kier alpha value is -1.40. The highest BCUT2D eigenvalue weighted by molar-refractivity contribution is 7.89. The normalized spacial score (nSPS) is 13.0. The van der Waals surface area contributed by atoms with E-state index in [0.717, 1.165) is 11.1 Å². The molecule has 2 aromatic carbocycles. The van der Waals surface area contributed by atoms with E-state index in [-0.39, 0.29) is 11.4 Å². The zero-order chi connectivity index (χ0) is 17.0. The van der Waals surface area contributed by atoms with Gasteiger partial charge in [0.15, 0.2) is 0 Å². The van der Waals surface area contributed by atoms with Crippen LogP contribution in [-0.2, 0) is 14.8 Å². The molecule has 0 bridgehead atoms. The van der Waals surface area contributed by atoms with Gasteiger partial charge in [-0.2, -0.15) is 0 Å². The van der Waals surface area contributed by atoms with Gasteiger partial charge in [-0.25, -0.2) is 13.1 Å². The van der Waals surface area contributed by atoms with E-state index in [1.807, 2.05) is 31.2 Å². The summed E-state index contributed by atoms with van der Waals surface area (Å²) >= 11 is 6.15. The molecule has 0 aliphatic rings. The molecule has 0 aromatic heterocycles. The standard InChI is InChI=1S/C17H20ClNO3S/c1-12-8-9-17(13(2)10-12)23(20,21)19-11-16(22-3)14-6-4-5-7-15(14)18/h4-10,16,19H,11H2,1-3H3. The SMILES string of the molecule is COC(CNS(=O)(=O)c1ccc(C)cc1C)c1ccccc1Cl. The van der Waals surface area contributed by atoms with Crippen molar-refractivity contribution < 1.29 is 13.2 Å². The number of halogens is 1. The van der Waals surface area contributed by atoms with Gasteiger partial charge >= 0.3 is 0 Å². The summed E-state index contributed by atoms with van der Waals surface area (Å²) in [5, 5.41) is 0.546. The van der Waals surface area contributed by atoms with E-state index in [4.69, 9.17) is 16.3 Å². The second-order valence-electron chi connectivity index (χ2n) is 5.37. The van der Waals surface area contributed by atoms with E-state index >= 15 is 0 Å². The van der Waals surface area contributed by atoms with Crippen molar-refractivity contribution in [1.82, 2.24) is 4.72 Å². The number of aryl methyl sites for hydroxylation is 2. The Bertz CT molecular complexity index is 790. The maximum Gasteiger partial charge on any atom is 0.240 e. The fourth-order valence-corrected chi connectivity index (χ4v) is 3.93. The molecule has 0 radical (unpaired) electrons. The predicted molar refractivity (Wildman–Crippen MR) is 92.3 cm³/mol. The number of ether oxygens (including phenoxy) is 1. The predicted octanol–water partition coefficient (Wildman–Crippen LogP) is 3.62. The first kappa shape index (κ1) is 17.9. The third-order valence-electron chi connectivity index (χ3n) is 3.62. The minimum absolute atomic E-state index is 0.107. The lowest BCUT2D eigenvalue weighted by Gasteiger charge is -2.18. The van der Waals surface area contributed by atoms with E-state index < -0.39 is 16.1 Å². The van der Waals surface area contributed by atoms with Crippen molar-refractivity contribution in [1.29, 1.82) is 0 Å². The van der Waals surface area contributed by atoms with Crippen LogP contribution in [0, 0.1) is 13.8 Å². The molecule has 2 aromatic rings. The van der Waals surface area contributed by atoms with Crippen molar-refractivity contribution >= 4 is 21.6 Å². The first-order valence-electron chi connectivity index (χ1n) is 7.19. The summed E-state index contributed by atoms with van der Waals surface area (Å²) in [6.07, 6.45) is -0.454. The third kappa shape index (κ3) is 4.32. The molecule has 0 heterocycles. The Morgan fingerprint density at radius 3 is 2.48 bits per heavy atom. The average molecular weight is 354 g/mol. The lowest BCUT2D eigenvalue weighted by atomic mass is 10.1. The molecule has 0 amide bonds. The Morgan fingerprint density at radius 2 is 1.87 bits per heavy atom. The van der Waals surface area contributed by atoms with Crippen LogP contribution in [0.25, 0.3) is 0 Å². The molecule has 4 nitrogen and oxygen atoms in total. The quantitative estimate of drug-likeness (QED) is 0.862. The van der Waals surface area contributed by atoms with E-state index in [2.05, 4.69) is 4.72 Å². The summed E-state index contributed by atoms with van der Waals surface area (Å²) < 4.78 is 33.0. The number of methoxy groups -OCH3 is 1. The second kappa shape index (κ2) is 7.45. The minimum Gasteiger partial charge on any atom is -0.375 e. The molecule has 0 fully saturated rings. The summed E-state index contributed by atoms with van der Waals surface area (Å²) in [6.45, 7) is 3.81. The molecule has 0 saturated heterocycles. The smallest absolute Gasteiger partial charge is 0.240 e. The Balaban J connectivity index is 2.19. The monoisotopic (exact) mass is 353 g/mol. The highest BCUT2D eigenvalue weighted by Crippen LogP contribution is 2.25. The maximum atomic E-state index is 12.5. The fraction of sp³-hybridized carbons (Fsp3) is 0.294. The first-order valence-corrected chi connectivity index (χ1v) is 9.05. The number of benzene rings is 2. The van der Waals surface area contributed by atoms with Gasteiger partial charge in [0.05, 0.1) is 11.0 Å². The fourth-order valence-electron chi connectivity index (χ4n) is 2.42. The average Bonchev–Trinajstić information content (AvgIpc) is 2.49. The molecule has 0 aliphatic carbocycles. The van der Waals surface area contributed by atoms with Crippen molar-refractivity contribution in [3.05, 3.63) is 64.2 Å². The zero-order valence-corrected chi connectivity index (χ0v) is 14.9. The summed E-state index contributed by atoms with van der Waals surface area (Å²) in [5.41, 5.74) is 2.48. The number of rotatable bonds is 6. The molecule has 1 unspecified atom stereocenters. The van der Waals surface area contributed by atoms with Gasteiger partial charge in [-0.1, -0.05) is 47.5 Å². The molecule has 0 spiro atoms. The van der Waals surface area contributed by atoms with Crippen LogP contribution < -0.4 is 4.72 Å².